The Bertz CT molecular complexity index is 994. The van der Waals surface area contributed by atoms with Gasteiger partial charge in [-0.1, -0.05) is 40.9 Å². The Balaban J connectivity index is 2.28. The van der Waals surface area contributed by atoms with Crippen LogP contribution in [0, 0.1) is 6.92 Å². The van der Waals surface area contributed by atoms with E-state index in [-0.39, 0.29) is 0 Å². The molecule has 3 nitrogen and oxygen atoms in total. The summed E-state index contributed by atoms with van der Waals surface area (Å²) in [5.74, 6) is 0. The van der Waals surface area contributed by atoms with Gasteiger partial charge in [-0.15, -0.1) is 16.4 Å². The SMILES string of the molecule is CC(C)=N/N=c1\scc(-c2ccc(Cl)cc2Cl)n1-c1ccc(C)cc1. The Labute approximate surface area is 160 Å². The summed E-state index contributed by atoms with van der Waals surface area (Å²) in [5.41, 5.74) is 4.97. The summed E-state index contributed by atoms with van der Waals surface area (Å²) in [6.45, 7) is 5.91. The maximum atomic E-state index is 6.43. The zero-order valence-corrected chi connectivity index (χ0v) is 16.5. The molecule has 6 heteroatoms. The number of thiazole rings is 1. The molecule has 0 aliphatic carbocycles. The van der Waals surface area contributed by atoms with Crippen molar-refractivity contribution in [1.82, 2.24) is 4.57 Å². The van der Waals surface area contributed by atoms with Gasteiger partial charge in [0.1, 0.15) is 0 Å². The normalized spacial score (nSPS) is 11.6. The molecule has 0 amide bonds. The van der Waals surface area contributed by atoms with Crippen LogP contribution in [0.4, 0.5) is 0 Å². The Hall–Kier alpha value is -1.88. The zero-order valence-electron chi connectivity index (χ0n) is 14.1. The second-order valence-electron chi connectivity index (χ2n) is 5.85. The van der Waals surface area contributed by atoms with Crippen LogP contribution in [0.5, 0.6) is 0 Å². The lowest BCUT2D eigenvalue weighted by atomic mass is 10.1. The average Bonchev–Trinajstić information content (AvgIpc) is 2.97. The van der Waals surface area contributed by atoms with Gasteiger partial charge >= 0.3 is 0 Å². The molecule has 1 aromatic heterocycles. The van der Waals surface area contributed by atoms with E-state index in [1.807, 2.05) is 31.4 Å². The minimum absolute atomic E-state index is 0.605. The van der Waals surface area contributed by atoms with Gasteiger partial charge in [0.2, 0.25) is 4.80 Å². The highest BCUT2D eigenvalue weighted by Gasteiger charge is 2.13. The first-order chi connectivity index (χ1) is 12.0. The van der Waals surface area contributed by atoms with Crippen molar-refractivity contribution in [1.29, 1.82) is 0 Å². The molecule has 3 aromatic rings. The van der Waals surface area contributed by atoms with Crippen LogP contribution in [-0.4, -0.2) is 10.3 Å². The van der Waals surface area contributed by atoms with Crippen LogP contribution >= 0.6 is 34.5 Å². The molecule has 0 aliphatic rings. The summed E-state index contributed by atoms with van der Waals surface area (Å²) in [4.78, 5) is 0.783. The predicted molar refractivity (Wildman–Crippen MR) is 108 cm³/mol. The zero-order chi connectivity index (χ0) is 18.0. The molecule has 0 spiro atoms. The Morgan fingerprint density at radius 2 is 1.76 bits per heavy atom. The van der Waals surface area contributed by atoms with Crippen LogP contribution in [0.2, 0.25) is 10.0 Å². The molecule has 128 valence electrons. The minimum Gasteiger partial charge on any atom is -0.284 e. The quantitative estimate of drug-likeness (QED) is 0.381. The van der Waals surface area contributed by atoms with Crippen molar-refractivity contribution in [2.75, 3.05) is 0 Å². The van der Waals surface area contributed by atoms with Crippen molar-refractivity contribution in [3.8, 4) is 16.9 Å². The van der Waals surface area contributed by atoms with Crippen LogP contribution in [0.15, 0.2) is 58.0 Å². The summed E-state index contributed by atoms with van der Waals surface area (Å²) in [7, 11) is 0. The minimum atomic E-state index is 0.605. The topological polar surface area (TPSA) is 29.6 Å². The second-order valence-corrected chi connectivity index (χ2v) is 7.53. The molecule has 25 heavy (non-hydrogen) atoms. The number of hydrogen-bond donors (Lipinski definition) is 0. The van der Waals surface area contributed by atoms with Crippen molar-refractivity contribution >= 4 is 40.3 Å². The van der Waals surface area contributed by atoms with Crippen molar-refractivity contribution in [3.63, 3.8) is 0 Å². The molecule has 0 radical (unpaired) electrons. The lowest BCUT2D eigenvalue weighted by Gasteiger charge is -2.11. The van der Waals surface area contributed by atoms with E-state index in [1.54, 1.807) is 6.07 Å². The third-order valence-corrected chi connectivity index (χ3v) is 4.91. The van der Waals surface area contributed by atoms with Crippen LogP contribution < -0.4 is 4.80 Å². The van der Waals surface area contributed by atoms with Crippen molar-refractivity contribution in [2.45, 2.75) is 20.8 Å². The highest BCUT2D eigenvalue weighted by atomic mass is 35.5. The van der Waals surface area contributed by atoms with Crippen molar-refractivity contribution in [3.05, 3.63) is 68.3 Å². The fraction of sp³-hybridized carbons (Fsp3) is 0.158. The largest absolute Gasteiger partial charge is 0.284 e. The van der Waals surface area contributed by atoms with E-state index < -0.39 is 0 Å². The summed E-state index contributed by atoms with van der Waals surface area (Å²) in [6, 6.07) is 13.8. The molecular formula is C19H17Cl2N3S. The number of aryl methyl sites for hydroxylation is 1. The average molecular weight is 390 g/mol. The smallest absolute Gasteiger partial charge is 0.215 e. The van der Waals surface area contributed by atoms with Crippen LogP contribution in [-0.2, 0) is 0 Å². The first-order valence-corrected chi connectivity index (χ1v) is 9.37. The van der Waals surface area contributed by atoms with E-state index in [0.717, 1.165) is 27.5 Å². The number of hydrogen-bond acceptors (Lipinski definition) is 3. The van der Waals surface area contributed by atoms with Crippen LogP contribution in [0.25, 0.3) is 16.9 Å². The summed E-state index contributed by atoms with van der Waals surface area (Å²) in [5, 5.41) is 11.9. The molecule has 0 unspecified atom stereocenters. The first-order valence-electron chi connectivity index (χ1n) is 7.73. The molecular weight excluding hydrogens is 373 g/mol. The second kappa shape index (κ2) is 7.56. The van der Waals surface area contributed by atoms with Gasteiger partial charge in [-0.25, -0.2) is 0 Å². The Morgan fingerprint density at radius 3 is 2.40 bits per heavy atom. The van der Waals surface area contributed by atoms with Crippen molar-refractivity contribution in [2.24, 2.45) is 10.2 Å². The molecule has 0 aliphatic heterocycles. The molecule has 0 fully saturated rings. The molecule has 0 saturated carbocycles. The number of halogens is 2. The summed E-state index contributed by atoms with van der Waals surface area (Å²) in [6.07, 6.45) is 0. The van der Waals surface area contributed by atoms with E-state index in [4.69, 9.17) is 23.2 Å². The monoisotopic (exact) mass is 389 g/mol. The van der Waals surface area contributed by atoms with Crippen molar-refractivity contribution < 1.29 is 0 Å². The number of nitrogens with zero attached hydrogens (tertiary/aromatic N) is 3. The molecule has 0 saturated heterocycles. The molecule has 3 rings (SSSR count). The fourth-order valence-electron chi connectivity index (χ4n) is 2.35. The van der Waals surface area contributed by atoms with Gasteiger partial charge in [0.15, 0.2) is 0 Å². The summed E-state index contributed by atoms with van der Waals surface area (Å²) < 4.78 is 2.06. The predicted octanol–water partition coefficient (Wildman–Crippen LogP) is 6.12. The standard InChI is InChI=1S/C19H17Cl2N3S/c1-12(2)22-23-19-24(15-7-4-13(3)5-8-15)18(11-25-19)16-9-6-14(20)10-17(16)21/h4-11H,1-3H3/b23-19-. The Kier molecular flexibility index (Phi) is 5.42. The number of rotatable bonds is 3. The highest BCUT2D eigenvalue weighted by Crippen LogP contribution is 2.32. The van der Waals surface area contributed by atoms with Crippen LogP contribution in [0.1, 0.15) is 19.4 Å². The highest BCUT2D eigenvalue weighted by molar-refractivity contribution is 7.07. The van der Waals surface area contributed by atoms with Gasteiger partial charge in [0.25, 0.3) is 0 Å². The maximum Gasteiger partial charge on any atom is 0.215 e. The van der Waals surface area contributed by atoms with E-state index in [1.165, 1.54) is 16.9 Å². The van der Waals surface area contributed by atoms with Gasteiger partial charge in [0, 0.05) is 27.4 Å². The van der Waals surface area contributed by atoms with E-state index >= 15 is 0 Å². The third kappa shape index (κ3) is 4.03. The van der Waals surface area contributed by atoms with E-state index in [9.17, 15) is 0 Å². The molecule has 1 heterocycles. The molecule has 0 bridgehead atoms. The fourth-order valence-corrected chi connectivity index (χ4v) is 3.70. The van der Waals surface area contributed by atoms with Gasteiger partial charge in [-0.05, 0) is 51.1 Å². The lowest BCUT2D eigenvalue weighted by molar-refractivity contribution is 0.968. The van der Waals surface area contributed by atoms with Gasteiger partial charge < -0.3 is 0 Å². The van der Waals surface area contributed by atoms with Gasteiger partial charge in [-0.2, -0.15) is 5.10 Å². The molecule has 0 atom stereocenters. The summed E-state index contributed by atoms with van der Waals surface area (Å²) >= 11 is 14.0. The third-order valence-electron chi connectivity index (χ3n) is 3.54. The first kappa shape index (κ1) is 17.9. The molecule has 2 aromatic carbocycles. The van der Waals surface area contributed by atoms with Gasteiger partial charge in [-0.3, -0.25) is 4.57 Å². The van der Waals surface area contributed by atoms with Gasteiger partial charge in [0.05, 0.1) is 10.7 Å². The Morgan fingerprint density at radius 1 is 1.04 bits per heavy atom. The lowest BCUT2D eigenvalue weighted by Crippen LogP contribution is -2.13. The van der Waals surface area contributed by atoms with E-state index in [2.05, 4.69) is 46.0 Å². The van der Waals surface area contributed by atoms with Crippen LogP contribution in [0.3, 0.4) is 0 Å². The maximum absolute atomic E-state index is 6.43. The van der Waals surface area contributed by atoms with E-state index in [0.29, 0.717) is 10.0 Å². The number of aromatic nitrogens is 1. The molecule has 0 N–H and O–H groups in total. The number of benzene rings is 2.